The Kier molecular flexibility index (Phi) is 4.80. The highest BCUT2D eigenvalue weighted by atomic mass is 35.5. The Bertz CT molecular complexity index is 803. The first-order chi connectivity index (χ1) is 12.5. The van der Waals surface area contributed by atoms with Gasteiger partial charge in [-0.05, 0) is 44.0 Å². The molecule has 1 fully saturated rings. The molecular weight excluding hydrogens is 346 g/mol. The number of hydrogen-bond donors (Lipinski definition) is 0. The number of halogens is 1. The molecule has 1 aromatic rings. The Hall–Kier alpha value is -1.78. The first-order valence-electron chi connectivity index (χ1n) is 9.38. The van der Waals surface area contributed by atoms with Gasteiger partial charge < -0.3 is 14.5 Å². The molecule has 26 heavy (non-hydrogen) atoms. The number of ether oxygens (including phenoxy) is 1. The fraction of sp³-hybridized carbons (Fsp3) is 0.476. The molecule has 0 N–H and O–H groups in total. The number of likely N-dealkylation sites (N-methyl/N-ethyl adjacent to an activating group) is 1. The van der Waals surface area contributed by atoms with Gasteiger partial charge in [-0.2, -0.15) is 0 Å². The summed E-state index contributed by atoms with van der Waals surface area (Å²) < 4.78 is 6.21. The number of allylic oxidation sites excluding steroid dienone is 1. The fourth-order valence-electron chi connectivity index (χ4n) is 3.89. The molecule has 0 spiro atoms. The molecule has 4 nitrogen and oxygen atoms in total. The number of hydrogen-bond acceptors (Lipinski definition) is 4. The number of benzene rings is 1. The van der Waals surface area contributed by atoms with Crippen molar-refractivity contribution in [2.45, 2.75) is 26.2 Å². The van der Waals surface area contributed by atoms with Crippen LogP contribution in [0, 0.1) is 0 Å². The van der Waals surface area contributed by atoms with E-state index in [1.165, 1.54) is 11.3 Å². The van der Waals surface area contributed by atoms with E-state index in [4.69, 9.17) is 21.3 Å². The Labute approximate surface area is 160 Å². The molecule has 1 aliphatic carbocycles. The number of fused-ring (bicyclic) bond motifs is 2. The van der Waals surface area contributed by atoms with Gasteiger partial charge >= 0.3 is 0 Å². The molecule has 5 heteroatoms. The van der Waals surface area contributed by atoms with Crippen molar-refractivity contribution in [1.82, 2.24) is 9.80 Å². The monoisotopic (exact) mass is 371 g/mol. The predicted octanol–water partition coefficient (Wildman–Crippen LogP) is 4.14. The molecule has 0 aromatic heterocycles. The molecule has 2 aliphatic heterocycles. The lowest BCUT2D eigenvalue weighted by atomic mass is 9.88. The standard InChI is InChI=1S/C21H26ClN3O/c1-14-4-7-19(25-10-8-24(3)9-11-25)20-21(26-13-15(2)23-20)18-12-16(22)5-6-17(14)18/h5-7,12,14H,4,8-11,13H2,1-3H3. The molecule has 138 valence electrons. The van der Waals surface area contributed by atoms with Gasteiger partial charge in [0.1, 0.15) is 12.3 Å². The molecule has 0 radical (unpaired) electrons. The van der Waals surface area contributed by atoms with Gasteiger partial charge in [0.2, 0.25) is 0 Å². The molecular formula is C21H26ClN3O. The molecule has 0 amide bonds. The average Bonchev–Trinajstić information content (AvgIpc) is 2.62. The van der Waals surface area contributed by atoms with Crippen molar-refractivity contribution in [2.75, 3.05) is 39.8 Å². The summed E-state index contributed by atoms with van der Waals surface area (Å²) in [5.41, 5.74) is 5.57. The third-order valence-corrected chi connectivity index (χ3v) is 5.72. The van der Waals surface area contributed by atoms with Crippen LogP contribution in [0.4, 0.5) is 0 Å². The second-order valence-electron chi connectivity index (χ2n) is 7.56. The molecule has 2 heterocycles. The predicted molar refractivity (Wildman–Crippen MR) is 108 cm³/mol. The maximum atomic E-state index is 6.33. The van der Waals surface area contributed by atoms with Crippen molar-refractivity contribution in [3.63, 3.8) is 0 Å². The number of nitrogens with zero attached hydrogens (tertiary/aromatic N) is 3. The van der Waals surface area contributed by atoms with Gasteiger partial charge in [-0.3, -0.25) is 0 Å². The third kappa shape index (κ3) is 3.28. The van der Waals surface area contributed by atoms with Crippen LogP contribution in [0.1, 0.15) is 37.3 Å². The lowest BCUT2D eigenvalue weighted by molar-refractivity contribution is 0.187. The Balaban J connectivity index is 1.86. The largest absolute Gasteiger partial charge is 0.485 e. The van der Waals surface area contributed by atoms with Crippen LogP contribution in [-0.2, 0) is 4.74 Å². The molecule has 1 atom stereocenters. The van der Waals surface area contributed by atoms with Crippen molar-refractivity contribution in [2.24, 2.45) is 4.99 Å². The van der Waals surface area contributed by atoms with Crippen molar-refractivity contribution < 1.29 is 4.74 Å². The van der Waals surface area contributed by atoms with Crippen molar-refractivity contribution >= 4 is 23.1 Å². The lowest BCUT2D eigenvalue weighted by Crippen LogP contribution is -2.44. The van der Waals surface area contributed by atoms with Crippen LogP contribution in [-0.4, -0.2) is 55.3 Å². The van der Waals surface area contributed by atoms with Crippen LogP contribution in [0.3, 0.4) is 0 Å². The van der Waals surface area contributed by atoms with Gasteiger partial charge in [0.05, 0.1) is 11.4 Å². The van der Waals surface area contributed by atoms with Crippen LogP contribution < -0.4 is 0 Å². The van der Waals surface area contributed by atoms with E-state index in [2.05, 4.69) is 35.9 Å². The number of aliphatic imine (C=N–C) groups is 1. The summed E-state index contributed by atoms with van der Waals surface area (Å²) in [5.74, 6) is 1.29. The van der Waals surface area contributed by atoms with Gasteiger partial charge in [0, 0.05) is 36.8 Å². The van der Waals surface area contributed by atoms with E-state index in [0.29, 0.717) is 12.5 Å². The van der Waals surface area contributed by atoms with E-state index >= 15 is 0 Å². The maximum absolute atomic E-state index is 6.33. The Morgan fingerprint density at radius 2 is 1.96 bits per heavy atom. The lowest BCUT2D eigenvalue weighted by Gasteiger charge is -2.37. The van der Waals surface area contributed by atoms with E-state index in [9.17, 15) is 0 Å². The van der Waals surface area contributed by atoms with E-state index < -0.39 is 0 Å². The normalized spacial score (nSPS) is 24.0. The van der Waals surface area contributed by atoms with E-state index in [1.54, 1.807) is 0 Å². The summed E-state index contributed by atoms with van der Waals surface area (Å²) in [6, 6.07) is 6.14. The summed E-state index contributed by atoms with van der Waals surface area (Å²) >= 11 is 6.33. The summed E-state index contributed by atoms with van der Waals surface area (Å²) in [4.78, 5) is 9.78. The van der Waals surface area contributed by atoms with Crippen molar-refractivity contribution in [1.29, 1.82) is 0 Å². The molecule has 4 rings (SSSR count). The second kappa shape index (κ2) is 7.09. The maximum Gasteiger partial charge on any atom is 0.155 e. The quantitative estimate of drug-likeness (QED) is 0.742. The Morgan fingerprint density at radius 1 is 1.19 bits per heavy atom. The van der Waals surface area contributed by atoms with Gasteiger partial charge in [0.25, 0.3) is 0 Å². The number of rotatable bonds is 1. The van der Waals surface area contributed by atoms with Gasteiger partial charge in [-0.1, -0.05) is 30.7 Å². The summed E-state index contributed by atoms with van der Waals surface area (Å²) in [7, 11) is 2.18. The molecule has 0 saturated carbocycles. The zero-order chi connectivity index (χ0) is 18.3. The van der Waals surface area contributed by atoms with Crippen LogP contribution in [0.5, 0.6) is 0 Å². The van der Waals surface area contributed by atoms with E-state index in [-0.39, 0.29) is 0 Å². The van der Waals surface area contributed by atoms with Crippen molar-refractivity contribution in [3.8, 4) is 0 Å². The first-order valence-corrected chi connectivity index (χ1v) is 9.76. The highest BCUT2D eigenvalue weighted by molar-refractivity contribution is 6.30. The minimum atomic E-state index is 0.411. The third-order valence-electron chi connectivity index (χ3n) is 5.49. The molecule has 1 aromatic carbocycles. The Morgan fingerprint density at radius 3 is 2.73 bits per heavy atom. The highest BCUT2D eigenvalue weighted by Crippen LogP contribution is 2.39. The minimum absolute atomic E-state index is 0.411. The van der Waals surface area contributed by atoms with Crippen LogP contribution in [0.2, 0.25) is 5.02 Å². The number of piperazine rings is 1. The van der Waals surface area contributed by atoms with Gasteiger partial charge in [-0.25, -0.2) is 4.99 Å². The van der Waals surface area contributed by atoms with E-state index in [0.717, 1.165) is 60.4 Å². The smallest absolute Gasteiger partial charge is 0.155 e. The fourth-order valence-corrected chi connectivity index (χ4v) is 4.06. The second-order valence-corrected chi connectivity index (χ2v) is 8.00. The molecule has 1 saturated heterocycles. The highest BCUT2D eigenvalue weighted by Gasteiger charge is 2.29. The molecule has 1 unspecified atom stereocenters. The van der Waals surface area contributed by atoms with Gasteiger partial charge in [-0.15, -0.1) is 0 Å². The van der Waals surface area contributed by atoms with Crippen molar-refractivity contribution in [3.05, 3.63) is 51.8 Å². The summed E-state index contributed by atoms with van der Waals surface area (Å²) in [6.45, 7) is 9.02. The molecule has 0 bridgehead atoms. The SMILES string of the molecule is CC1=NC2=C(OC1)c1cc(Cl)ccc1C(C)CC=C2N1CCN(C)CC1. The van der Waals surface area contributed by atoms with Crippen LogP contribution in [0.25, 0.3) is 5.76 Å². The van der Waals surface area contributed by atoms with E-state index in [1.807, 2.05) is 19.1 Å². The summed E-state index contributed by atoms with van der Waals surface area (Å²) in [6.07, 6.45) is 3.34. The molecule has 3 aliphatic rings. The zero-order valence-corrected chi connectivity index (χ0v) is 16.5. The topological polar surface area (TPSA) is 28.1 Å². The summed E-state index contributed by atoms with van der Waals surface area (Å²) in [5, 5.41) is 0.739. The van der Waals surface area contributed by atoms with Gasteiger partial charge in [0.15, 0.2) is 5.76 Å². The average molecular weight is 372 g/mol. The van der Waals surface area contributed by atoms with Crippen LogP contribution >= 0.6 is 11.6 Å². The zero-order valence-electron chi connectivity index (χ0n) is 15.8. The first kappa shape index (κ1) is 17.6. The minimum Gasteiger partial charge on any atom is -0.485 e. The van der Waals surface area contributed by atoms with Crippen LogP contribution in [0.15, 0.2) is 40.7 Å².